The quantitative estimate of drug-likeness (QED) is 0.469. The second-order valence-electron chi connectivity index (χ2n) is 8.41. The van der Waals surface area contributed by atoms with Crippen molar-refractivity contribution in [2.45, 2.75) is 31.4 Å². The van der Waals surface area contributed by atoms with Crippen LogP contribution in [-0.4, -0.2) is 44.5 Å². The van der Waals surface area contributed by atoms with Gasteiger partial charge in [-0.1, -0.05) is 78.9 Å². The molecule has 0 bridgehead atoms. The highest BCUT2D eigenvalue weighted by atomic mass is 16.6. The summed E-state index contributed by atoms with van der Waals surface area (Å²) in [6.45, 7) is 2.20. The van der Waals surface area contributed by atoms with Gasteiger partial charge in [0.2, 0.25) is 0 Å². The molecule has 1 aliphatic rings. The molecule has 3 aromatic carbocycles. The van der Waals surface area contributed by atoms with Gasteiger partial charge in [0.15, 0.2) is 6.10 Å². The fourth-order valence-corrected chi connectivity index (χ4v) is 4.31. The predicted molar refractivity (Wildman–Crippen MR) is 130 cm³/mol. The first-order chi connectivity index (χ1) is 16.6. The monoisotopic (exact) mass is 459 g/mol. The van der Waals surface area contributed by atoms with Crippen molar-refractivity contribution >= 4 is 12.1 Å². The molecule has 0 radical (unpaired) electrons. The third kappa shape index (κ3) is 5.46. The van der Waals surface area contributed by atoms with Crippen molar-refractivity contribution in [3.05, 3.63) is 95.6 Å². The van der Waals surface area contributed by atoms with Crippen LogP contribution in [-0.2, 0) is 25.4 Å². The molecule has 0 spiro atoms. The number of rotatable bonds is 9. The Hall–Kier alpha value is -3.64. The number of benzene rings is 3. The minimum Gasteiger partial charge on any atom is -0.467 e. The van der Waals surface area contributed by atoms with E-state index >= 15 is 0 Å². The van der Waals surface area contributed by atoms with Gasteiger partial charge in [0.1, 0.15) is 6.61 Å². The topological polar surface area (TPSA) is 73.9 Å². The molecule has 1 amide bonds. The molecule has 0 unspecified atom stereocenters. The summed E-state index contributed by atoms with van der Waals surface area (Å²) >= 11 is 0. The lowest BCUT2D eigenvalue weighted by Crippen LogP contribution is -2.39. The zero-order valence-corrected chi connectivity index (χ0v) is 19.4. The second-order valence-corrected chi connectivity index (χ2v) is 8.41. The molecule has 6 heteroatoms. The molecule has 0 saturated heterocycles. The van der Waals surface area contributed by atoms with E-state index in [4.69, 9.17) is 14.2 Å². The summed E-state index contributed by atoms with van der Waals surface area (Å²) in [7, 11) is 1.34. The highest BCUT2D eigenvalue weighted by Crippen LogP contribution is 2.44. The molecule has 0 fully saturated rings. The van der Waals surface area contributed by atoms with Gasteiger partial charge >= 0.3 is 12.1 Å². The predicted octanol–water partition coefficient (Wildman–Crippen LogP) is 4.71. The number of hydrogen-bond acceptors (Lipinski definition) is 5. The lowest BCUT2D eigenvalue weighted by Gasteiger charge is -2.20. The normalized spacial score (nSPS) is 13.9. The molecule has 3 aromatic rings. The zero-order valence-electron chi connectivity index (χ0n) is 19.4. The maximum Gasteiger partial charge on any atom is 0.407 e. The highest BCUT2D eigenvalue weighted by Gasteiger charge is 2.29. The number of alkyl carbamates (subject to hydrolysis) is 1. The van der Waals surface area contributed by atoms with E-state index in [0.717, 1.165) is 16.7 Å². The van der Waals surface area contributed by atoms with E-state index in [9.17, 15) is 9.59 Å². The van der Waals surface area contributed by atoms with Crippen LogP contribution < -0.4 is 5.32 Å². The number of fused-ring (bicyclic) bond motifs is 3. The van der Waals surface area contributed by atoms with Crippen LogP contribution in [0, 0.1) is 0 Å². The van der Waals surface area contributed by atoms with E-state index in [1.165, 1.54) is 18.2 Å². The smallest absolute Gasteiger partial charge is 0.407 e. The lowest BCUT2D eigenvalue weighted by molar-refractivity contribution is -0.154. The minimum absolute atomic E-state index is 0.000664. The van der Waals surface area contributed by atoms with Gasteiger partial charge in [-0.3, -0.25) is 0 Å². The molecule has 4 rings (SSSR count). The van der Waals surface area contributed by atoms with Crippen LogP contribution in [0.4, 0.5) is 4.79 Å². The number of amides is 1. The number of carbonyl (C=O) groups excluding carboxylic acids is 2. The molecular weight excluding hydrogens is 430 g/mol. The number of hydrogen-bond donors (Lipinski definition) is 1. The van der Waals surface area contributed by atoms with Gasteiger partial charge in [0.25, 0.3) is 0 Å². The Bertz CT molecular complexity index is 1080. The zero-order chi connectivity index (χ0) is 23.9. The Morgan fingerprint density at radius 2 is 1.47 bits per heavy atom. The number of methoxy groups -OCH3 is 1. The molecule has 0 aliphatic heterocycles. The first-order valence-electron chi connectivity index (χ1n) is 11.4. The van der Waals surface area contributed by atoms with E-state index in [1.807, 2.05) is 54.6 Å². The van der Waals surface area contributed by atoms with Crippen LogP contribution in [0.15, 0.2) is 78.9 Å². The SMILES string of the molecule is COC(=O)[C@H](Cc1ccccc1)OC[C@@H](C)NC(=O)OCC1c2ccccc2-c2ccccc21. The first kappa shape index (κ1) is 23.5. The van der Waals surface area contributed by atoms with Crippen LogP contribution in [0.1, 0.15) is 29.5 Å². The molecule has 2 atom stereocenters. The molecule has 176 valence electrons. The van der Waals surface area contributed by atoms with E-state index < -0.39 is 18.2 Å². The summed E-state index contributed by atoms with van der Waals surface area (Å²) in [5.41, 5.74) is 5.65. The van der Waals surface area contributed by atoms with Gasteiger partial charge in [-0.05, 0) is 34.7 Å². The standard InChI is InChI=1S/C28H29NO5/c1-19(17-33-26(27(30)32-2)16-20-10-4-3-5-11-20)29-28(31)34-18-25-23-14-8-6-12-21(23)22-13-7-9-15-24(22)25/h3-15,19,25-26H,16-18H2,1-2H3,(H,29,31)/t19-,26+/m1/s1. The highest BCUT2D eigenvalue weighted by molar-refractivity contribution is 5.79. The van der Waals surface area contributed by atoms with Crippen LogP contribution in [0.5, 0.6) is 0 Å². The van der Waals surface area contributed by atoms with E-state index in [-0.39, 0.29) is 25.2 Å². The number of esters is 1. The number of ether oxygens (including phenoxy) is 3. The van der Waals surface area contributed by atoms with E-state index in [0.29, 0.717) is 6.42 Å². The molecule has 0 heterocycles. The summed E-state index contributed by atoms with van der Waals surface area (Å²) in [5.74, 6) is -0.448. The van der Waals surface area contributed by atoms with Crippen molar-refractivity contribution in [1.82, 2.24) is 5.32 Å². The number of nitrogens with one attached hydrogen (secondary N) is 1. The average Bonchev–Trinajstić information content (AvgIpc) is 3.19. The van der Waals surface area contributed by atoms with E-state index in [2.05, 4.69) is 29.6 Å². The molecule has 1 N–H and O–H groups in total. The molecule has 0 aromatic heterocycles. The third-order valence-electron chi connectivity index (χ3n) is 5.98. The summed E-state index contributed by atoms with van der Waals surface area (Å²) in [4.78, 5) is 24.6. The van der Waals surface area contributed by atoms with Gasteiger partial charge in [-0.15, -0.1) is 0 Å². The fraction of sp³-hybridized carbons (Fsp3) is 0.286. The maximum atomic E-state index is 12.5. The van der Waals surface area contributed by atoms with Gasteiger partial charge < -0.3 is 19.5 Å². The van der Waals surface area contributed by atoms with Crippen molar-refractivity contribution in [1.29, 1.82) is 0 Å². The average molecular weight is 460 g/mol. The molecular formula is C28H29NO5. The largest absolute Gasteiger partial charge is 0.467 e. The molecule has 1 aliphatic carbocycles. The third-order valence-corrected chi connectivity index (χ3v) is 5.98. The van der Waals surface area contributed by atoms with Crippen LogP contribution in [0.3, 0.4) is 0 Å². The molecule has 0 saturated carbocycles. The fourth-order valence-electron chi connectivity index (χ4n) is 4.31. The van der Waals surface area contributed by atoms with Gasteiger partial charge in [-0.25, -0.2) is 9.59 Å². The van der Waals surface area contributed by atoms with Crippen molar-refractivity contribution in [3.63, 3.8) is 0 Å². The van der Waals surface area contributed by atoms with Crippen molar-refractivity contribution in [3.8, 4) is 11.1 Å². The van der Waals surface area contributed by atoms with Crippen LogP contribution >= 0.6 is 0 Å². The van der Waals surface area contributed by atoms with E-state index in [1.54, 1.807) is 6.92 Å². The Morgan fingerprint density at radius 3 is 2.09 bits per heavy atom. The van der Waals surface area contributed by atoms with Gasteiger partial charge in [0, 0.05) is 12.3 Å². The van der Waals surface area contributed by atoms with Gasteiger partial charge in [-0.2, -0.15) is 0 Å². The minimum atomic E-state index is -0.751. The van der Waals surface area contributed by atoms with Crippen molar-refractivity contribution in [2.24, 2.45) is 0 Å². The van der Waals surface area contributed by atoms with Crippen LogP contribution in [0.2, 0.25) is 0 Å². The van der Waals surface area contributed by atoms with Crippen molar-refractivity contribution in [2.75, 3.05) is 20.3 Å². The first-order valence-corrected chi connectivity index (χ1v) is 11.4. The van der Waals surface area contributed by atoms with Gasteiger partial charge in [0.05, 0.1) is 19.8 Å². The molecule has 6 nitrogen and oxygen atoms in total. The maximum absolute atomic E-state index is 12.5. The summed E-state index contributed by atoms with van der Waals surface area (Å²) in [6, 6.07) is 25.6. The Labute approximate surface area is 199 Å². The summed E-state index contributed by atoms with van der Waals surface area (Å²) < 4.78 is 16.2. The summed E-state index contributed by atoms with van der Waals surface area (Å²) in [5, 5.41) is 2.79. The molecule has 34 heavy (non-hydrogen) atoms. The number of carbonyl (C=O) groups is 2. The second kappa shape index (κ2) is 11.0. The van der Waals surface area contributed by atoms with Crippen LogP contribution in [0.25, 0.3) is 11.1 Å². The summed E-state index contributed by atoms with van der Waals surface area (Å²) in [6.07, 6.45) is -0.875. The Kier molecular flexibility index (Phi) is 7.60. The Morgan fingerprint density at radius 1 is 0.882 bits per heavy atom. The van der Waals surface area contributed by atoms with Crippen molar-refractivity contribution < 1.29 is 23.8 Å². The lowest BCUT2D eigenvalue weighted by atomic mass is 9.98. The Balaban J connectivity index is 1.30.